The van der Waals surface area contributed by atoms with Crippen LogP contribution >= 0.6 is 11.3 Å². The van der Waals surface area contributed by atoms with Crippen LogP contribution in [-0.4, -0.2) is 13.3 Å². The number of hydrogen-bond acceptors (Lipinski definition) is 7. The number of nitrogens with zero attached hydrogens (tertiary/aromatic N) is 1. The fourth-order valence-corrected chi connectivity index (χ4v) is 3.32. The number of nitrogens with one attached hydrogen (secondary N) is 2. The number of rotatable bonds is 6. The largest absolute Gasteiger partial charge is 0.318 e. The average Bonchev–Trinajstić information content (AvgIpc) is 2.97. The van der Waals surface area contributed by atoms with E-state index < -0.39 is 14.9 Å². The van der Waals surface area contributed by atoms with Gasteiger partial charge in [-0.25, -0.2) is 13.1 Å². The Morgan fingerprint density at radius 3 is 2.67 bits per heavy atom. The van der Waals surface area contributed by atoms with Crippen molar-refractivity contribution in [1.29, 1.82) is 0 Å². The highest BCUT2D eigenvalue weighted by Crippen LogP contribution is 2.26. The molecular formula is C11H12N4O4S2. The maximum Gasteiger partial charge on any atom is 0.293 e. The molecule has 4 N–H and O–H groups in total. The maximum absolute atomic E-state index is 12.1. The molecule has 1 aromatic heterocycles. The lowest BCUT2D eigenvalue weighted by molar-refractivity contribution is -0.384. The number of benzene rings is 1. The number of nitro benzene ring substituents is 1. The van der Waals surface area contributed by atoms with Crippen LogP contribution in [0.15, 0.2) is 39.9 Å². The second kappa shape index (κ2) is 6.18. The van der Waals surface area contributed by atoms with Crippen molar-refractivity contribution < 1.29 is 13.3 Å². The van der Waals surface area contributed by atoms with Gasteiger partial charge in [-0.05, 0) is 34.5 Å². The Labute approximate surface area is 124 Å². The predicted molar refractivity (Wildman–Crippen MR) is 79.3 cm³/mol. The second-order valence-corrected chi connectivity index (χ2v) is 6.58. The lowest BCUT2D eigenvalue weighted by Gasteiger charge is -2.08. The molecule has 1 heterocycles. The molecule has 0 aliphatic carbocycles. The molecule has 0 saturated carbocycles. The number of nitrogens with two attached hydrogens (primary N) is 1. The van der Waals surface area contributed by atoms with E-state index in [9.17, 15) is 18.5 Å². The van der Waals surface area contributed by atoms with Gasteiger partial charge in [0.2, 0.25) is 10.0 Å². The van der Waals surface area contributed by atoms with E-state index in [0.29, 0.717) is 0 Å². The van der Waals surface area contributed by atoms with Gasteiger partial charge in [0, 0.05) is 12.6 Å². The van der Waals surface area contributed by atoms with Crippen molar-refractivity contribution in [3.8, 4) is 0 Å². The van der Waals surface area contributed by atoms with E-state index >= 15 is 0 Å². The lowest BCUT2D eigenvalue weighted by atomic mass is 10.3. The number of nitrogen functional groups attached to an aromatic ring is 1. The third kappa shape index (κ3) is 3.55. The van der Waals surface area contributed by atoms with Gasteiger partial charge in [-0.1, -0.05) is 0 Å². The first-order chi connectivity index (χ1) is 9.94. The summed E-state index contributed by atoms with van der Waals surface area (Å²) in [4.78, 5) is 10.0. The Morgan fingerprint density at radius 1 is 1.33 bits per heavy atom. The van der Waals surface area contributed by atoms with Crippen molar-refractivity contribution in [1.82, 2.24) is 4.72 Å². The van der Waals surface area contributed by atoms with Gasteiger partial charge in [0.1, 0.15) is 5.69 Å². The van der Waals surface area contributed by atoms with Crippen LogP contribution in [0.4, 0.5) is 11.4 Å². The van der Waals surface area contributed by atoms with Gasteiger partial charge in [-0.2, -0.15) is 11.3 Å². The molecule has 8 nitrogen and oxygen atoms in total. The SMILES string of the molecule is NNc1cc(S(=O)(=O)NCc2ccsc2)ccc1[N+](=O)[O-]. The van der Waals surface area contributed by atoms with Crippen LogP contribution in [0, 0.1) is 10.1 Å². The van der Waals surface area contributed by atoms with E-state index in [1.54, 1.807) is 6.07 Å². The summed E-state index contributed by atoms with van der Waals surface area (Å²) in [6.45, 7) is 0.147. The molecule has 0 bridgehead atoms. The van der Waals surface area contributed by atoms with Crippen LogP contribution in [-0.2, 0) is 16.6 Å². The number of anilines is 1. The Morgan fingerprint density at radius 2 is 2.10 bits per heavy atom. The maximum atomic E-state index is 12.1. The van der Waals surface area contributed by atoms with E-state index in [1.807, 2.05) is 10.8 Å². The molecule has 2 aromatic rings. The third-order valence-electron chi connectivity index (χ3n) is 2.68. The second-order valence-electron chi connectivity index (χ2n) is 4.04. The molecule has 1 aromatic carbocycles. The minimum absolute atomic E-state index is 0.0709. The van der Waals surface area contributed by atoms with Crippen molar-refractivity contribution in [3.63, 3.8) is 0 Å². The highest BCUT2D eigenvalue weighted by atomic mass is 32.2. The summed E-state index contributed by atoms with van der Waals surface area (Å²) in [7, 11) is -3.77. The minimum atomic E-state index is -3.77. The summed E-state index contributed by atoms with van der Waals surface area (Å²) in [5.74, 6) is 5.18. The van der Waals surface area contributed by atoms with Gasteiger partial charge in [-0.15, -0.1) is 0 Å². The molecule has 112 valence electrons. The predicted octanol–water partition coefficient (Wildman–Crippen LogP) is 1.42. The van der Waals surface area contributed by atoms with Gasteiger partial charge in [0.15, 0.2) is 0 Å². The lowest BCUT2D eigenvalue weighted by Crippen LogP contribution is -2.23. The quantitative estimate of drug-likeness (QED) is 0.418. The molecular weight excluding hydrogens is 316 g/mol. The smallest absolute Gasteiger partial charge is 0.293 e. The Balaban J connectivity index is 2.25. The van der Waals surface area contributed by atoms with Gasteiger partial charge in [0.25, 0.3) is 5.69 Å². The highest BCUT2D eigenvalue weighted by molar-refractivity contribution is 7.89. The summed E-state index contributed by atoms with van der Waals surface area (Å²) in [5.41, 5.74) is 2.59. The molecule has 0 unspecified atom stereocenters. The molecule has 21 heavy (non-hydrogen) atoms. The van der Waals surface area contributed by atoms with Crippen LogP contribution in [0.5, 0.6) is 0 Å². The van der Waals surface area contributed by atoms with Gasteiger partial charge < -0.3 is 5.43 Å². The third-order valence-corrected chi connectivity index (χ3v) is 4.81. The molecule has 0 aliphatic heterocycles. The molecule has 10 heteroatoms. The Bertz CT molecular complexity index is 744. The average molecular weight is 328 g/mol. The van der Waals surface area contributed by atoms with Crippen molar-refractivity contribution in [3.05, 3.63) is 50.7 Å². The number of nitro groups is 1. The summed E-state index contributed by atoms with van der Waals surface area (Å²) >= 11 is 1.46. The first-order valence-corrected chi connectivity index (χ1v) is 8.12. The van der Waals surface area contributed by atoms with Crippen molar-refractivity contribution in [2.75, 3.05) is 5.43 Å². The molecule has 0 spiro atoms. The zero-order valence-electron chi connectivity index (χ0n) is 10.6. The number of hydrazine groups is 1. The van der Waals surface area contributed by atoms with Crippen LogP contribution < -0.4 is 16.0 Å². The Kier molecular flexibility index (Phi) is 4.53. The fourth-order valence-electron chi connectivity index (χ4n) is 1.61. The molecule has 2 rings (SSSR count). The van der Waals surface area contributed by atoms with E-state index in [2.05, 4.69) is 10.1 Å². The first kappa shape index (κ1) is 15.4. The molecule has 0 radical (unpaired) electrons. The molecule has 0 saturated heterocycles. The monoisotopic (exact) mass is 328 g/mol. The zero-order valence-corrected chi connectivity index (χ0v) is 12.3. The van der Waals surface area contributed by atoms with Gasteiger partial charge >= 0.3 is 0 Å². The van der Waals surface area contributed by atoms with Crippen LogP contribution in [0.1, 0.15) is 5.56 Å². The molecule has 0 aliphatic rings. The van der Waals surface area contributed by atoms with Crippen molar-refractivity contribution >= 4 is 32.7 Å². The summed E-state index contributed by atoms with van der Waals surface area (Å²) in [6.07, 6.45) is 0. The van der Waals surface area contributed by atoms with E-state index in [-0.39, 0.29) is 22.8 Å². The number of hydrogen-bond donors (Lipinski definition) is 3. The summed E-state index contributed by atoms with van der Waals surface area (Å²) < 4.78 is 26.7. The summed E-state index contributed by atoms with van der Waals surface area (Å²) in [5, 5.41) is 14.4. The fraction of sp³-hybridized carbons (Fsp3) is 0.0909. The van der Waals surface area contributed by atoms with E-state index in [4.69, 9.17) is 5.84 Å². The van der Waals surface area contributed by atoms with E-state index in [1.165, 1.54) is 11.3 Å². The van der Waals surface area contributed by atoms with Crippen molar-refractivity contribution in [2.24, 2.45) is 5.84 Å². The summed E-state index contributed by atoms with van der Waals surface area (Å²) in [6, 6.07) is 5.17. The van der Waals surface area contributed by atoms with Crippen LogP contribution in [0.25, 0.3) is 0 Å². The molecule has 0 atom stereocenters. The number of thiophene rings is 1. The first-order valence-electron chi connectivity index (χ1n) is 5.70. The highest BCUT2D eigenvalue weighted by Gasteiger charge is 2.20. The van der Waals surface area contributed by atoms with Crippen LogP contribution in [0.2, 0.25) is 0 Å². The van der Waals surface area contributed by atoms with E-state index in [0.717, 1.165) is 23.8 Å². The van der Waals surface area contributed by atoms with Crippen molar-refractivity contribution in [2.45, 2.75) is 11.4 Å². The molecule has 0 amide bonds. The standard InChI is InChI=1S/C11H12N4O4S2/c12-14-10-5-9(1-2-11(10)15(16)17)21(18,19)13-6-8-3-4-20-7-8/h1-5,7,13-14H,6,12H2. The zero-order chi connectivity index (χ0) is 15.5. The minimum Gasteiger partial charge on any atom is -0.318 e. The normalized spacial score (nSPS) is 11.3. The van der Waals surface area contributed by atoms with Crippen LogP contribution in [0.3, 0.4) is 0 Å². The van der Waals surface area contributed by atoms with Gasteiger partial charge in [-0.3, -0.25) is 16.0 Å². The number of sulfonamides is 1. The molecule has 0 fully saturated rings. The topological polar surface area (TPSA) is 127 Å². The van der Waals surface area contributed by atoms with Gasteiger partial charge in [0.05, 0.1) is 9.82 Å². The Hall–Kier alpha value is -2.01.